The van der Waals surface area contributed by atoms with Crippen LogP contribution in [0, 0.1) is 24.0 Å². The number of para-hydroxylation sites is 1. The summed E-state index contributed by atoms with van der Waals surface area (Å²) in [6.45, 7) is 3.33. The maximum atomic E-state index is 14.2. The molecule has 27 heavy (non-hydrogen) atoms. The molecule has 0 unspecified atom stereocenters. The van der Waals surface area contributed by atoms with Crippen LogP contribution >= 0.6 is 0 Å². The maximum Gasteiger partial charge on any atom is 0.149 e. The van der Waals surface area contributed by atoms with E-state index < -0.39 is 11.6 Å². The summed E-state index contributed by atoms with van der Waals surface area (Å²) in [4.78, 5) is 3.80. The SMILES string of the molecule is [B]c1cc(C)c(C(=N)N2CCN(c3c(F)cccc3F)CC23CC3)c(N)c1. The molecule has 2 aromatic rings. The number of halogens is 2. The third-order valence-corrected chi connectivity index (χ3v) is 5.63. The number of amidine groups is 1. The zero-order valence-corrected chi connectivity index (χ0v) is 15.2. The van der Waals surface area contributed by atoms with Crippen LogP contribution in [0.1, 0.15) is 24.0 Å². The molecular weight excluding hydrogens is 345 g/mol. The highest BCUT2D eigenvalue weighted by Gasteiger charge is 2.53. The number of nitrogen functional groups attached to an aromatic ring is 1. The van der Waals surface area contributed by atoms with Crippen molar-refractivity contribution in [3.05, 3.63) is 53.1 Å². The molecule has 1 aliphatic carbocycles. The van der Waals surface area contributed by atoms with Crippen molar-refractivity contribution in [1.82, 2.24) is 4.90 Å². The molecule has 2 radical (unpaired) electrons. The first kappa shape index (κ1) is 17.8. The lowest BCUT2D eigenvalue weighted by Crippen LogP contribution is -2.57. The first-order valence-electron chi connectivity index (χ1n) is 9.03. The number of hydrogen-bond donors (Lipinski definition) is 2. The van der Waals surface area contributed by atoms with Crippen LogP contribution in [0.25, 0.3) is 0 Å². The highest BCUT2D eigenvalue weighted by molar-refractivity contribution is 6.33. The molecule has 0 bridgehead atoms. The van der Waals surface area contributed by atoms with Crippen molar-refractivity contribution in [3.63, 3.8) is 0 Å². The number of nitrogens with one attached hydrogen (secondary N) is 1. The van der Waals surface area contributed by atoms with Gasteiger partial charge in [-0.3, -0.25) is 5.41 Å². The molecule has 1 aliphatic heterocycles. The van der Waals surface area contributed by atoms with Gasteiger partial charge in [0.25, 0.3) is 0 Å². The van der Waals surface area contributed by atoms with Gasteiger partial charge in [-0.2, -0.15) is 0 Å². The van der Waals surface area contributed by atoms with Crippen LogP contribution in [0.15, 0.2) is 30.3 Å². The van der Waals surface area contributed by atoms with Crippen molar-refractivity contribution in [1.29, 1.82) is 5.41 Å². The highest BCUT2D eigenvalue weighted by Crippen LogP contribution is 2.46. The van der Waals surface area contributed by atoms with E-state index in [-0.39, 0.29) is 11.2 Å². The van der Waals surface area contributed by atoms with Gasteiger partial charge in [0.05, 0.1) is 5.54 Å². The Morgan fingerprint density at radius 2 is 1.85 bits per heavy atom. The van der Waals surface area contributed by atoms with E-state index in [0.29, 0.717) is 42.2 Å². The van der Waals surface area contributed by atoms with Crippen LogP contribution in [0.3, 0.4) is 0 Å². The first-order valence-corrected chi connectivity index (χ1v) is 9.03. The monoisotopic (exact) mass is 366 g/mol. The van der Waals surface area contributed by atoms with E-state index in [9.17, 15) is 8.78 Å². The molecule has 1 heterocycles. The fourth-order valence-corrected chi connectivity index (χ4v) is 4.18. The smallest absolute Gasteiger partial charge is 0.149 e. The number of hydrogen-bond acceptors (Lipinski definition) is 3. The van der Waals surface area contributed by atoms with Gasteiger partial charge in [-0.1, -0.05) is 17.6 Å². The van der Waals surface area contributed by atoms with Crippen molar-refractivity contribution in [2.75, 3.05) is 30.3 Å². The number of aryl methyl sites for hydroxylation is 1. The summed E-state index contributed by atoms with van der Waals surface area (Å²) in [5.41, 5.74) is 8.49. The molecule has 0 amide bonds. The third kappa shape index (κ3) is 2.95. The van der Waals surface area contributed by atoms with Crippen LogP contribution in [-0.4, -0.2) is 43.8 Å². The largest absolute Gasteiger partial charge is 0.398 e. The van der Waals surface area contributed by atoms with Crippen LogP contribution in [0.4, 0.5) is 20.2 Å². The molecule has 4 nitrogen and oxygen atoms in total. The Hall–Kier alpha value is -2.57. The molecule has 2 aliphatic rings. The van der Waals surface area contributed by atoms with Crippen LogP contribution in [-0.2, 0) is 0 Å². The lowest BCUT2D eigenvalue weighted by molar-refractivity contribution is 0.257. The van der Waals surface area contributed by atoms with Crippen LogP contribution in [0.5, 0.6) is 0 Å². The number of nitrogens with zero attached hydrogens (tertiary/aromatic N) is 2. The van der Waals surface area contributed by atoms with Gasteiger partial charge in [-0.15, -0.1) is 0 Å². The fraction of sp³-hybridized carbons (Fsp3) is 0.350. The van der Waals surface area contributed by atoms with Gasteiger partial charge in [-0.05, 0) is 43.5 Å². The molecule has 0 aromatic heterocycles. The molecule has 2 aromatic carbocycles. The predicted octanol–water partition coefficient (Wildman–Crippen LogP) is 2.33. The van der Waals surface area contributed by atoms with Crippen molar-refractivity contribution in [3.8, 4) is 0 Å². The highest BCUT2D eigenvalue weighted by atomic mass is 19.1. The molecule has 7 heteroatoms. The summed E-state index contributed by atoms with van der Waals surface area (Å²) >= 11 is 0. The predicted molar refractivity (Wildman–Crippen MR) is 105 cm³/mol. The van der Waals surface area contributed by atoms with E-state index in [2.05, 4.69) is 0 Å². The van der Waals surface area contributed by atoms with E-state index in [1.165, 1.54) is 18.2 Å². The molecule has 138 valence electrons. The molecule has 1 saturated carbocycles. The van der Waals surface area contributed by atoms with E-state index in [1.54, 1.807) is 11.0 Å². The van der Waals surface area contributed by atoms with Gasteiger partial charge < -0.3 is 15.5 Å². The van der Waals surface area contributed by atoms with Crippen molar-refractivity contribution >= 4 is 30.5 Å². The Bertz CT molecular complexity index is 883. The third-order valence-electron chi connectivity index (χ3n) is 5.63. The zero-order valence-electron chi connectivity index (χ0n) is 15.2. The Morgan fingerprint density at radius 3 is 2.44 bits per heavy atom. The quantitative estimate of drug-likeness (QED) is 0.371. The maximum absolute atomic E-state index is 14.2. The number of nitrogens with two attached hydrogens (primary N) is 1. The van der Waals surface area contributed by atoms with Crippen molar-refractivity contribution < 1.29 is 8.78 Å². The Balaban J connectivity index is 1.63. The van der Waals surface area contributed by atoms with E-state index >= 15 is 0 Å². The van der Waals surface area contributed by atoms with E-state index in [1.807, 2.05) is 17.9 Å². The normalized spacial score (nSPS) is 18.0. The van der Waals surface area contributed by atoms with Crippen LogP contribution in [0.2, 0.25) is 0 Å². The summed E-state index contributed by atoms with van der Waals surface area (Å²) in [6, 6.07) is 7.42. The van der Waals surface area contributed by atoms with Gasteiger partial charge in [0.1, 0.15) is 31.0 Å². The Labute approximate surface area is 158 Å². The zero-order chi connectivity index (χ0) is 19.3. The molecule has 4 rings (SSSR count). The summed E-state index contributed by atoms with van der Waals surface area (Å²) in [5.74, 6) is -0.739. The molecule has 1 saturated heterocycles. The average molecular weight is 366 g/mol. The summed E-state index contributed by atoms with van der Waals surface area (Å²) < 4.78 is 28.4. The second-order valence-electron chi connectivity index (χ2n) is 7.52. The van der Waals surface area contributed by atoms with Crippen LogP contribution < -0.4 is 16.1 Å². The number of rotatable bonds is 2. The number of benzene rings is 2. The molecule has 0 atom stereocenters. The standard InChI is InChI=1S/C20H21BF2N4/c1-12-9-13(21)10-16(24)17(12)19(25)27-8-7-26(11-20(27)5-6-20)18-14(22)3-2-4-15(18)23/h2-4,9-10,25H,5-8,11,24H2,1H3. The molecule has 2 fully saturated rings. The van der Waals surface area contributed by atoms with Gasteiger partial charge in [0, 0.05) is 30.9 Å². The Morgan fingerprint density at radius 1 is 1.19 bits per heavy atom. The number of piperazine rings is 1. The second-order valence-corrected chi connectivity index (χ2v) is 7.52. The summed E-state index contributed by atoms with van der Waals surface area (Å²) in [7, 11) is 5.84. The lowest BCUT2D eigenvalue weighted by atomic mass is 9.90. The minimum atomic E-state index is -0.548. The summed E-state index contributed by atoms with van der Waals surface area (Å²) in [5, 5.41) is 8.77. The minimum absolute atomic E-state index is 0.0261. The van der Waals surface area contributed by atoms with Gasteiger partial charge in [-0.25, -0.2) is 8.78 Å². The lowest BCUT2D eigenvalue weighted by Gasteiger charge is -2.45. The number of anilines is 2. The fourth-order valence-electron chi connectivity index (χ4n) is 4.18. The first-order chi connectivity index (χ1) is 12.8. The second kappa shape index (κ2) is 6.25. The van der Waals surface area contributed by atoms with Gasteiger partial charge >= 0.3 is 0 Å². The van der Waals surface area contributed by atoms with Crippen molar-refractivity contribution in [2.45, 2.75) is 25.3 Å². The van der Waals surface area contributed by atoms with E-state index in [4.69, 9.17) is 19.0 Å². The van der Waals surface area contributed by atoms with E-state index in [0.717, 1.165) is 18.4 Å². The van der Waals surface area contributed by atoms with Gasteiger partial charge in [0.2, 0.25) is 0 Å². The minimum Gasteiger partial charge on any atom is -0.398 e. The summed E-state index contributed by atoms with van der Waals surface area (Å²) in [6.07, 6.45) is 1.77. The molecule has 3 N–H and O–H groups in total. The molecular formula is C20H21BF2N4. The average Bonchev–Trinajstić information content (AvgIpc) is 3.33. The van der Waals surface area contributed by atoms with Crippen molar-refractivity contribution in [2.24, 2.45) is 0 Å². The molecule has 1 spiro atoms. The van der Waals surface area contributed by atoms with Gasteiger partial charge in [0.15, 0.2) is 0 Å². The Kier molecular flexibility index (Phi) is 4.13. The topological polar surface area (TPSA) is 56.4 Å².